The van der Waals surface area contributed by atoms with Gasteiger partial charge >= 0.3 is 6.03 Å². The number of nitro groups is 1. The number of hydrogen-bond donors (Lipinski definition) is 1. The zero-order valence-corrected chi connectivity index (χ0v) is 23.7. The molecule has 0 radical (unpaired) electrons. The topological polar surface area (TPSA) is 93.3 Å². The third-order valence-electron chi connectivity index (χ3n) is 7.45. The summed E-state index contributed by atoms with van der Waals surface area (Å²) in [6.45, 7) is 8.45. The van der Waals surface area contributed by atoms with Crippen LogP contribution in [0.1, 0.15) is 75.6 Å². The van der Waals surface area contributed by atoms with Crippen molar-refractivity contribution in [3.63, 3.8) is 0 Å². The summed E-state index contributed by atoms with van der Waals surface area (Å²) >= 11 is 6.46. The van der Waals surface area contributed by atoms with Crippen molar-refractivity contribution in [1.29, 1.82) is 0 Å². The normalized spacial score (nSPS) is 15.2. The fraction of sp³-hybridized carbons (Fsp3) is 0.400. The Morgan fingerprint density at radius 2 is 1.95 bits per heavy atom. The van der Waals surface area contributed by atoms with Crippen LogP contribution in [0.5, 0.6) is 0 Å². The Labute approximate surface area is 234 Å². The maximum absolute atomic E-state index is 13.9. The molecule has 206 valence electrons. The van der Waals surface area contributed by atoms with Gasteiger partial charge in [0.1, 0.15) is 0 Å². The molecule has 4 rings (SSSR count). The molecule has 0 spiro atoms. The molecule has 8 nitrogen and oxygen atoms in total. The highest BCUT2D eigenvalue weighted by molar-refractivity contribution is 6.32. The minimum absolute atomic E-state index is 0.0810. The number of amides is 2. The lowest BCUT2D eigenvalue weighted by Crippen LogP contribution is -2.37. The summed E-state index contributed by atoms with van der Waals surface area (Å²) in [5, 5.41) is 19.5. The van der Waals surface area contributed by atoms with Gasteiger partial charge in [-0.1, -0.05) is 63.1 Å². The van der Waals surface area contributed by atoms with Gasteiger partial charge < -0.3 is 5.32 Å². The number of benzene rings is 2. The summed E-state index contributed by atoms with van der Waals surface area (Å²) < 4.78 is 1.99. The fourth-order valence-corrected chi connectivity index (χ4v) is 5.52. The standard InChI is InChI=1S/C30H36ClN5O3/c1-5-25-27(31)18-28(36(38)39)26(6-2)29(25)33-30(37)34(23-14-10-22(11-15-23)20(3)4)19-21-8-12-24(13-9-21)35-17-7-16-32-35/h7-8,10-11,14-18,20,24H,5-6,9,12-13,19H2,1-4H3,(H,33,37). The molecule has 1 atom stereocenters. The molecule has 0 saturated carbocycles. The number of urea groups is 1. The van der Waals surface area contributed by atoms with Crippen LogP contribution in [0.2, 0.25) is 5.02 Å². The van der Waals surface area contributed by atoms with Crippen molar-refractivity contribution in [2.45, 2.75) is 71.8 Å². The average Bonchev–Trinajstić information content (AvgIpc) is 3.47. The smallest absolute Gasteiger partial charge is 0.307 e. The van der Waals surface area contributed by atoms with Gasteiger partial charge in [-0.15, -0.1) is 0 Å². The Bertz CT molecular complexity index is 1350. The van der Waals surface area contributed by atoms with Gasteiger partial charge in [-0.05, 0) is 67.3 Å². The van der Waals surface area contributed by atoms with Crippen LogP contribution in [0.4, 0.5) is 21.9 Å². The molecule has 1 heterocycles. The predicted octanol–water partition coefficient (Wildman–Crippen LogP) is 8.08. The average molecular weight is 550 g/mol. The van der Waals surface area contributed by atoms with E-state index in [9.17, 15) is 14.9 Å². The van der Waals surface area contributed by atoms with Crippen molar-refractivity contribution in [1.82, 2.24) is 9.78 Å². The van der Waals surface area contributed by atoms with Crippen molar-refractivity contribution >= 4 is 34.7 Å². The molecule has 0 bridgehead atoms. The van der Waals surface area contributed by atoms with Crippen LogP contribution in [0, 0.1) is 10.1 Å². The van der Waals surface area contributed by atoms with Crippen molar-refractivity contribution in [3.05, 3.63) is 92.3 Å². The van der Waals surface area contributed by atoms with Gasteiger partial charge in [-0.3, -0.25) is 19.7 Å². The minimum atomic E-state index is -0.439. The fourth-order valence-electron chi connectivity index (χ4n) is 5.19. The van der Waals surface area contributed by atoms with Gasteiger partial charge in [0.2, 0.25) is 0 Å². The number of allylic oxidation sites excluding steroid dienone is 1. The monoisotopic (exact) mass is 549 g/mol. The maximum atomic E-state index is 13.9. The number of hydrogen-bond acceptors (Lipinski definition) is 4. The van der Waals surface area contributed by atoms with Crippen molar-refractivity contribution in [2.75, 3.05) is 16.8 Å². The first-order chi connectivity index (χ1) is 18.7. The maximum Gasteiger partial charge on any atom is 0.326 e. The Balaban J connectivity index is 1.67. The second-order valence-corrected chi connectivity index (χ2v) is 10.6. The number of carbonyl (C=O) groups excluding carboxylic acids is 1. The lowest BCUT2D eigenvalue weighted by molar-refractivity contribution is -0.385. The van der Waals surface area contributed by atoms with Crippen LogP contribution in [0.15, 0.2) is 60.4 Å². The summed E-state index contributed by atoms with van der Waals surface area (Å²) in [6.07, 6.45) is 9.54. The van der Waals surface area contributed by atoms with Crippen LogP contribution in [-0.4, -0.2) is 27.3 Å². The SMILES string of the molecule is CCc1c(Cl)cc([N+](=O)[O-])c(CC)c1NC(=O)N(CC1=CCC(n2cccn2)CC1)c1ccc(C(C)C)cc1. The van der Waals surface area contributed by atoms with Crippen molar-refractivity contribution < 1.29 is 9.72 Å². The van der Waals surface area contributed by atoms with E-state index in [4.69, 9.17) is 11.6 Å². The first kappa shape index (κ1) is 28.4. The highest BCUT2D eigenvalue weighted by Gasteiger charge is 2.27. The van der Waals surface area contributed by atoms with E-state index in [0.29, 0.717) is 48.2 Å². The first-order valence-electron chi connectivity index (χ1n) is 13.6. The predicted molar refractivity (Wildman–Crippen MR) is 157 cm³/mol. The zero-order chi connectivity index (χ0) is 28.1. The molecule has 1 N–H and O–H groups in total. The number of carbonyl (C=O) groups is 1. The molecule has 3 aromatic rings. The molecule has 0 aliphatic heterocycles. The number of halogens is 1. The molecule has 2 aromatic carbocycles. The lowest BCUT2D eigenvalue weighted by atomic mass is 9.94. The highest BCUT2D eigenvalue weighted by Crippen LogP contribution is 2.37. The number of nitrogens with one attached hydrogen (secondary N) is 1. The van der Waals surface area contributed by atoms with Gasteiger partial charge in [-0.25, -0.2) is 4.79 Å². The summed E-state index contributed by atoms with van der Waals surface area (Å²) in [5.74, 6) is 0.368. The summed E-state index contributed by atoms with van der Waals surface area (Å²) in [7, 11) is 0. The largest absolute Gasteiger partial charge is 0.326 e. The van der Waals surface area contributed by atoms with Gasteiger partial charge in [0.15, 0.2) is 0 Å². The van der Waals surface area contributed by atoms with Gasteiger partial charge in [-0.2, -0.15) is 5.10 Å². The summed E-state index contributed by atoms with van der Waals surface area (Å²) in [4.78, 5) is 27.0. The molecule has 0 fully saturated rings. The van der Waals surface area contributed by atoms with E-state index in [2.05, 4.69) is 30.3 Å². The van der Waals surface area contributed by atoms with Crippen LogP contribution in [0.25, 0.3) is 0 Å². The molecule has 9 heteroatoms. The van der Waals surface area contributed by atoms with Gasteiger partial charge in [0, 0.05) is 30.7 Å². The second-order valence-electron chi connectivity index (χ2n) is 10.2. The molecule has 1 aliphatic carbocycles. The number of nitro benzene ring substituents is 1. The minimum Gasteiger partial charge on any atom is -0.307 e. The van der Waals surface area contributed by atoms with E-state index in [0.717, 1.165) is 24.9 Å². The Morgan fingerprint density at radius 3 is 2.49 bits per heavy atom. The molecule has 1 unspecified atom stereocenters. The Kier molecular flexibility index (Phi) is 9.07. The molecular formula is C30H36ClN5O3. The van der Waals surface area contributed by atoms with Crippen molar-refractivity contribution in [2.24, 2.45) is 0 Å². The lowest BCUT2D eigenvalue weighted by Gasteiger charge is -2.29. The van der Waals surface area contributed by atoms with E-state index in [1.807, 2.05) is 55.1 Å². The molecule has 1 aromatic heterocycles. The van der Waals surface area contributed by atoms with E-state index in [-0.39, 0.29) is 16.7 Å². The summed E-state index contributed by atoms with van der Waals surface area (Å²) in [6, 6.07) is 11.3. The van der Waals surface area contributed by atoms with Crippen LogP contribution in [-0.2, 0) is 12.8 Å². The third kappa shape index (κ3) is 6.33. The van der Waals surface area contributed by atoms with Crippen molar-refractivity contribution in [3.8, 4) is 0 Å². The van der Waals surface area contributed by atoms with E-state index in [1.165, 1.54) is 17.2 Å². The number of anilines is 2. The molecule has 0 saturated heterocycles. The Hall–Kier alpha value is -3.65. The van der Waals surface area contributed by atoms with Crippen LogP contribution in [0.3, 0.4) is 0 Å². The van der Waals surface area contributed by atoms with Gasteiger partial charge in [0.25, 0.3) is 5.69 Å². The van der Waals surface area contributed by atoms with Crippen LogP contribution >= 0.6 is 11.6 Å². The van der Waals surface area contributed by atoms with Gasteiger partial charge in [0.05, 0.1) is 27.2 Å². The third-order valence-corrected chi connectivity index (χ3v) is 7.79. The number of aromatic nitrogens is 2. The molecular weight excluding hydrogens is 514 g/mol. The second kappa shape index (κ2) is 12.5. The Morgan fingerprint density at radius 1 is 1.23 bits per heavy atom. The number of nitrogens with zero attached hydrogens (tertiary/aromatic N) is 4. The first-order valence-corrected chi connectivity index (χ1v) is 13.9. The summed E-state index contributed by atoms with van der Waals surface area (Å²) in [5.41, 5.74) is 4.65. The van der Waals surface area contributed by atoms with Crippen LogP contribution < -0.4 is 10.2 Å². The molecule has 1 aliphatic rings. The quantitative estimate of drug-likeness (QED) is 0.166. The van der Waals surface area contributed by atoms with E-state index in [1.54, 1.807) is 11.1 Å². The van der Waals surface area contributed by atoms with E-state index >= 15 is 0 Å². The van der Waals surface area contributed by atoms with E-state index < -0.39 is 4.92 Å². The highest BCUT2D eigenvalue weighted by atomic mass is 35.5. The molecule has 2 amide bonds. The number of rotatable bonds is 9. The zero-order valence-electron chi connectivity index (χ0n) is 23.0. The molecule has 39 heavy (non-hydrogen) atoms.